The molecule has 0 aliphatic rings. The van der Waals surface area contributed by atoms with E-state index in [1.54, 1.807) is 0 Å². The standard InChI is InChI=1S/C7H17O4Si/c1-4-8-7(11-12,9-5-2)10-6-3/h4-6,12H2,1-3H3. The second-order valence-corrected chi connectivity index (χ2v) is 2.23. The lowest BCUT2D eigenvalue weighted by Gasteiger charge is -2.29. The van der Waals surface area contributed by atoms with Gasteiger partial charge in [-0.3, -0.25) is 0 Å². The Hall–Kier alpha value is 0.0569. The number of hydrogen-bond donors (Lipinski definition) is 0. The van der Waals surface area contributed by atoms with Crippen LogP contribution in [0.15, 0.2) is 0 Å². The first kappa shape index (κ1) is 12.1. The summed E-state index contributed by atoms with van der Waals surface area (Å²) in [6.45, 7) is 7.02. The van der Waals surface area contributed by atoms with Crippen LogP contribution in [0.1, 0.15) is 20.8 Å². The quantitative estimate of drug-likeness (QED) is 0.430. The van der Waals surface area contributed by atoms with Crippen LogP contribution in [-0.2, 0) is 18.6 Å². The van der Waals surface area contributed by atoms with Gasteiger partial charge in [0.05, 0.1) is 19.8 Å². The van der Waals surface area contributed by atoms with Crippen LogP contribution in [0.4, 0.5) is 0 Å². The molecule has 0 aliphatic heterocycles. The average molecular weight is 193 g/mol. The van der Waals surface area contributed by atoms with Crippen molar-refractivity contribution in [1.82, 2.24) is 0 Å². The van der Waals surface area contributed by atoms with E-state index >= 15 is 0 Å². The van der Waals surface area contributed by atoms with Crippen molar-refractivity contribution in [2.45, 2.75) is 26.9 Å². The molecule has 0 heterocycles. The molecule has 0 atom stereocenters. The maximum absolute atomic E-state index is 5.20. The van der Waals surface area contributed by atoms with Gasteiger partial charge in [-0.1, -0.05) is 0 Å². The molecule has 0 aliphatic carbocycles. The molecule has 0 aromatic carbocycles. The molecular weight excluding hydrogens is 176 g/mol. The van der Waals surface area contributed by atoms with Gasteiger partial charge in [0.2, 0.25) is 0 Å². The topological polar surface area (TPSA) is 36.9 Å². The van der Waals surface area contributed by atoms with Gasteiger partial charge in [0.1, 0.15) is 0 Å². The molecule has 0 spiro atoms. The Bertz CT molecular complexity index is 92.6. The van der Waals surface area contributed by atoms with Crippen LogP contribution in [0.25, 0.3) is 0 Å². The highest BCUT2D eigenvalue weighted by molar-refractivity contribution is 5.98. The minimum absolute atomic E-state index is 0.484. The van der Waals surface area contributed by atoms with Crippen LogP contribution < -0.4 is 0 Å². The number of hydrogen-bond acceptors (Lipinski definition) is 4. The van der Waals surface area contributed by atoms with Crippen LogP contribution in [-0.4, -0.2) is 36.5 Å². The fourth-order valence-corrected chi connectivity index (χ4v) is 1.03. The zero-order valence-corrected chi connectivity index (χ0v) is 9.38. The fraction of sp³-hybridized carbons (Fsp3) is 1.00. The van der Waals surface area contributed by atoms with Gasteiger partial charge in [0.15, 0.2) is 10.5 Å². The molecule has 1 radical (unpaired) electrons. The van der Waals surface area contributed by atoms with E-state index < -0.39 is 6.16 Å². The van der Waals surface area contributed by atoms with Crippen LogP contribution in [0.5, 0.6) is 0 Å². The van der Waals surface area contributed by atoms with Crippen molar-refractivity contribution in [2.75, 3.05) is 19.8 Å². The highest BCUT2D eigenvalue weighted by Crippen LogP contribution is 2.15. The molecule has 0 aromatic heterocycles. The van der Waals surface area contributed by atoms with Gasteiger partial charge < -0.3 is 18.6 Å². The second kappa shape index (κ2) is 6.56. The van der Waals surface area contributed by atoms with Gasteiger partial charge in [0.25, 0.3) is 0 Å². The molecule has 0 saturated heterocycles. The molecule has 0 fully saturated rings. The monoisotopic (exact) mass is 193 g/mol. The summed E-state index contributed by atoms with van der Waals surface area (Å²) in [4.78, 5) is 0. The Balaban J connectivity index is 4.06. The third-order valence-corrected chi connectivity index (χ3v) is 1.49. The van der Waals surface area contributed by atoms with Crippen molar-refractivity contribution in [3.8, 4) is 0 Å². The SMILES string of the molecule is CCOC(O[SiH2])(OCC)OCC. The Kier molecular flexibility index (Phi) is 6.59. The Morgan fingerprint density at radius 3 is 1.42 bits per heavy atom. The van der Waals surface area contributed by atoms with Crippen molar-refractivity contribution in [3.63, 3.8) is 0 Å². The predicted molar refractivity (Wildman–Crippen MR) is 47.2 cm³/mol. The smallest absolute Gasteiger partial charge is 0.354 e. The summed E-state index contributed by atoms with van der Waals surface area (Å²) in [7, 11) is 1.29. The summed E-state index contributed by atoms with van der Waals surface area (Å²) in [5, 5.41) is 0. The van der Waals surface area contributed by atoms with E-state index in [2.05, 4.69) is 0 Å². The summed E-state index contributed by atoms with van der Waals surface area (Å²) in [6, 6.07) is 0. The van der Waals surface area contributed by atoms with E-state index in [9.17, 15) is 0 Å². The Morgan fingerprint density at radius 1 is 0.917 bits per heavy atom. The maximum atomic E-state index is 5.20. The number of rotatable bonds is 7. The molecule has 73 valence electrons. The highest BCUT2D eigenvalue weighted by Gasteiger charge is 2.31. The van der Waals surface area contributed by atoms with Gasteiger partial charge >= 0.3 is 6.16 Å². The molecule has 0 rings (SSSR count). The van der Waals surface area contributed by atoms with Crippen molar-refractivity contribution in [2.24, 2.45) is 0 Å². The van der Waals surface area contributed by atoms with E-state index in [1.165, 1.54) is 10.5 Å². The summed E-state index contributed by atoms with van der Waals surface area (Å²) in [5.41, 5.74) is 0. The molecule has 5 heteroatoms. The fourth-order valence-electron chi connectivity index (χ4n) is 0.780. The molecule has 0 N–H and O–H groups in total. The Morgan fingerprint density at radius 2 is 1.25 bits per heavy atom. The minimum Gasteiger partial charge on any atom is -0.354 e. The Labute approximate surface area is 76.7 Å². The third kappa shape index (κ3) is 3.64. The zero-order chi connectivity index (χ0) is 9.45. The van der Waals surface area contributed by atoms with Gasteiger partial charge in [-0.25, -0.2) is 0 Å². The maximum Gasteiger partial charge on any atom is 0.402 e. The molecule has 4 nitrogen and oxygen atoms in total. The van der Waals surface area contributed by atoms with E-state index in [0.29, 0.717) is 19.8 Å². The highest BCUT2D eigenvalue weighted by atomic mass is 28.2. The van der Waals surface area contributed by atoms with Crippen molar-refractivity contribution in [3.05, 3.63) is 0 Å². The zero-order valence-electron chi connectivity index (χ0n) is 7.96. The molecule has 12 heavy (non-hydrogen) atoms. The molecule has 0 unspecified atom stereocenters. The van der Waals surface area contributed by atoms with Crippen LogP contribution in [0.3, 0.4) is 0 Å². The van der Waals surface area contributed by atoms with E-state index in [1.807, 2.05) is 20.8 Å². The van der Waals surface area contributed by atoms with Crippen LogP contribution in [0.2, 0.25) is 0 Å². The number of ether oxygens (including phenoxy) is 3. The first-order chi connectivity index (χ1) is 5.74. The van der Waals surface area contributed by atoms with Crippen molar-refractivity contribution < 1.29 is 18.6 Å². The first-order valence-corrected chi connectivity index (χ1v) is 4.67. The van der Waals surface area contributed by atoms with Gasteiger partial charge in [-0.15, -0.1) is 0 Å². The lowest BCUT2D eigenvalue weighted by Crippen LogP contribution is -2.41. The van der Waals surface area contributed by atoms with Gasteiger partial charge in [0, 0.05) is 0 Å². The first-order valence-electron chi connectivity index (χ1n) is 4.09. The summed E-state index contributed by atoms with van der Waals surface area (Å²) in [5.74, 6) is 0. The molecule has 0 bridgehead atoms. The third-order valence-electron chi connectivity index (χ3n) is 1.14. The van der Waals surface area contributed by atoms with Gasteiger partial charge in [-0.05, 0) is 20.8 Å². The van der Waals surface area contributed by atoms with E-state index in [-0.39, 0.29) is 0 Å². The van der Waals surface area contributed by atoms with Crippen LogP contribution >= 0.6 is 0 Å². The van der Waals surface area contributed by atoms with Crippen LogP contribution in [0, 0.1) is 0 Å². The van der Waals surface area contributed by atoms with Crippen molar-refractivity contribution >= 4 is 10.5 Å². The average Bonchev–Trinajstić information content (AvgIpc) is 2.06. The molecule has 0 amide bonds. The lowest BCUT2D eigenvalue weighted by molar-refractivity contribution is -0.468. The molecule has 0 aromatic rings. The minimum atomic E-state index is -1.29. The normalized spacial score (nSPS) is 12.0. The lowest BCUT2D eigenvalue weighted by atomic mass is 10.8. The molecular formula is C7H17O4Si. The summed E-state index contributed by atoms with van der Waals surface area (Å²) >= 11 is 0. The second-order valence-electron chi connectivity index (χ2n) is 1.94. The van der Waals surface area contributed by atoms with Gasteiger partial charge in [-0.2, -0.15) is 0 Å². The largest absolute Gasteiger partial charge is 0.402 e. The van der Waals surface area contributed by atoms with Crippen molar-refractivity contribution in [1.29, 1.82) is 0 Å². The van der Waals surface area contributed by atoms with E-state index in [0.717, 1.165) is 0 Å². The predicted octanol–water partition coefficient (Wildman–Crippen LogP) is 0.272. The summed E-state index contributed by atoms with van der Waals surface area (Å²) < 4.78 is 20.6. The van der Waals surface area contributed by atoms with E-state index in [4.69, 9.17) is 18.6 Å². The molecule has 0 saturated carbocycles. The summed E-state index contributed by atoms with van der Waals surface area (Å²) in [6.07, 6.45) is -1.29.